The highest BCUT2D eigenvalue weighted by atomic mass is 35.5. The van der Waals surface area contributed by atoms with Crippen LogP contribution in [0, 0.1) is 5.82 Å². The van der Waals surface area contributed by atoms with Gasteiger partial charge in [0.1, 0.15) is 11.6 Å². The molecule has 0 heterocycles. The van der Waals surface area contributed by atoms with Crippen molar-refractivity contribution in [3.63, 3.8) is 0 Å². The van der Waals surface area contributed by atoms with Gasteiger partial charge in [0.25, 0.3) is 0 Å². The first kappa shape index (κ1) is 15.3. The molecule has 0 unspecified atom stereocenters. The van der Waals surface area contributed by atoms with Gasteiger partial charge in [0, 0.05) is 22.2 Å². The van der Waals surface area contributed by atoms with E-state index in [-0.39, 0.29) is 31.9 Å². The van der Waals surface area contributed by atoms with E-state index in [9.17, 15) is 13.2 Å². The van der Waals surface area contributed by atoms with E-state index in [2.05, 4.69) is 4.74 Å². The Hall–Kier alpha value is -1.10. The van der Waals surface area contributed by atoms with E-state index in [0.717, 1.165) is 12.1 Å². The zero-order chi connectivity index (χ0) is 14.9. The Labute approximate surface area is 127 Å². The average Bonchev–Trinajstić information content (AvgIpc) is 2.33. The quantitative estimate of drug-likeness (QED) is 0.617. The highest BCUT2D eigenvalue weighted by Crippen LogP contribution is 2.40. The summed E-state index contributed by atoms with van der Waals surface area (Å²) < 4.78 is 42.2. The van der Waals surface area contributed by atoms with E-state index in [1.54, 1.807) is 0 Å². The van der Waals surface area contributed by atoms with E-state index in [1.165, 1.54) is 18.2 Å². The van der Waals surface area contributed by atoms with Crippen molar-refractivity contribution in [1.29, 1.82) is 0 Å². The molecular formula is C13H6Cl3F3O. The summed E-state index contributed by atoms with van der Waals surface area (Å²) in [5.74, 6) is -1.06. The number of rotatable bonds is 3. The van der Waals surface area contributed by atoms with Gasteiger partial charge in [-0.3, -0.25) is 0 Å². The highest BCUT2D eigenvalue weighted by Gasteiger charge is 2.16. The Morgan fingerprint density at radius 2 is 1.65 bits per heavy atom. The smallest absolute Gasteiger partial charge is 0.387 e. The molecule has 0 saturated carbocycles. The molecule has 2 rings (SSSR count). The molecule has 0 radical (unpaired) electrons. The lowest BCUT2D eigenvalue weighted by atomic mass is 10.0. The van der Waals surface area contributed by atoms with Gasteiger partial charge in [-0.1, -0.05) is 34.8 Å². The normalized spacial score (nSPS) is 10.9. The Kier molecular flexibility index (Phi) is 4.68. The van der Waals surface area contributed by atoms with Crippen molar-refractivity contribution < 1.29 is 17.9 Å². The van der Waals surface area contributed by atoms with Crippen LogP contribution in [0.3, 0.4) is 0 Å². The summed E-state index contributed by atoms with van der Waals surface area (Å²) in [6.45, 7) is -3.09. The monoisotopic (exact) mass is 340 g/mol. The first-order valence-electron chi connectivity index (χ1n) is 5.27. The molecule has 20 heavy (non-hydrogen) atoms. The van der Waals surface area contributed by atoms with Crippen LogP contribution in [0.5, 0.6) is 5.75 Å². The molecule has 0 amide bonds. The largest absolute Gasteiger partial charge is 0.434 e. The van der Waals surface area contributed by atoms with Crippen molar-refractivity contribution in [1.82, 2.24) is 0 Å². The van der Waals surface area contributed by atoms with E-state index in [0.29, 0.717) is 0 Å². The number of hydrogen-bond acceptors (Lipinski definition) is 1. The molecule has 0 aliphatic carbocycles. The van der Waals surface area contributed by atoms with Gasteiger partial charge < -0.3 is 4.74 Å². The molecule has 2 aromatic rings. The molecule has 0 aliphatic rings. The standard InChI is InChI=1S/C13H6Cl3F3O/c14-6-3-9(12(16)10(15)4-6)8-2-1-7(17)5-11(8)20-13(18)19/h1-5,13H. The molecule has 1 nitrogen and oxygen atoms in total. The van der Waals surface area contributed by atoms with Gasteiger partial charge in [-0.2, -0.15) is 8.78 Å². The molecule has 0 spiro atoms. The van der Waals surface area contributed by atoms with E-state index in [1.807, 2.05) is 0 Å². The third-order valence-corrected chi connectivity index (χ3v) is 3.46. The maximum atomic E-state index is 13.2. The molecule has 106 valence electrons. The summed E-state index contributed by atoms with van der Waals surface area (Å²) in [5.41, 5.74) is 0.445. The van der Waals surface area contributed by atoms with Crippen molar-refractivity contribution in [2.24, 2.45) is 0 Å². The fourth-order valence-corrected chi connectivity index (χ4v) is 2.37. The number of hydrogen-bond donors (Lipinski definition) is 0. The van der Waals surface area contributed by atoms with Crippen molar-refractivity contribution >= 4 is 34.8 Å². The third-order valence-electron chi connectivity index (χ3n) is 2.44. The molecule has 0 bridgehead atoms. The van der Waals surface area contributed by atoms with Crippen LogP contribution in [-0.4, -0.2) is 6.61 Å². The van der Waals surface area contributed by atoms with Crippen LogP contribution in [0.4, 0.5) is 13.2 Å². The molecule has 0 aliphatic heterocycles. The van der Waals surface area contributed by atoms with Gasteiger partial charge in [-0.25, -0.2) is 4.39 Å². The van der Waals surface area contributed by atoms with Gasteiger partial charge in [0.05, 0.1) is 10.0 Å². The van der Waals surface area contributed by atoms with Gasteiger partial charge in [0.2, 0.25) is 0 Å². The average molecular weight is 342 g/mol. The van der Waals surface area contributed by atoms with E-state index >= 15 is 0 Å². The van der Waals surface area contributed by atoms with Crippen LogP contribution in [-0.2, 0) is 0 Å². The lowest BCUT2D eigenvalue weighted by Crippen LogP contribution is -2.03. The predicted octanol–water partition coefficient (Wildman–Crippen LogP) is 6.05. The van der Waals surface area contributed by atoms with Crippen LogP contribution in [0.1, 0.15) is 0 Å². The number of alkyl halides is 2. The zero-order valence-corrected chi connectivity index (χ0v) is 11.9. The van der Waals surface area contributed by atoms with Gasteiger partial charge in [-0.05, 0) is 24.3 Å². The fourth-order valence-electron chi connectivity index (χ4n) is 1.66. The van der Waals surface area contributed by atoms with Gasteiger partial charge in [-0.15, -0.1) is 0 Å². The van der Waals surface area contributed by atoms with Crippen molar-refractivity contribution in [2.45, 2.75) is 6.61 Å². The van der Waals surface area contributed by atoms with Crippen LogP contribution < -0.4 is 4.74 Å². The minimum atomic E-state index is -3.09. The van der Waals surface area contributed by atoms with Gasteiger partial charge >= 0.3 is 6.61 Å². The second-order valence-electron chi connectivity index (χ2n) is 3.77. The lowest BCUT2D eigenvalue weighted by Gasteiger charge is -2.13. The first-order valence-corrected chi connectivity index (χ1v) is 6.41. The SMILES string of the molecule is Fc1ccc(-c2cc(Cl)cc(Cl)c2Cl)c(OC(F)F)c1. The van der Waals surface area contributed by atoms with Crippen LogP contribution >= 0.6 is 34.8 Å². The Bertz CT molecular complexity index is 647. The summed E-state index contributed by atoms with van der Waals surface area (Å²) >= 11 is 17.8. The Balaban J connectivity index is 2.63. The summed E-state index contributed by atoms with van der Waals surface area (Å²) in [6.07, 6.45) is 0. The van der Waals surface area contributed by atoms with Crippen molar-refractivity contribution in [2.75, 3.05) is 0 Å². The topological polar surface area (TPSA) is 9.23 Å². The molecule has 0 N–H and O–H groups in total. The minimum absolute atomic E-state index is 0.113. The maximum Gasteiger partial charge on any atom is 0.387 e. The summed E-state index contributed by atoms with van der Waals surface area (Å²) in [4.78, 5) is 0. The molecule has 0 saturated heterocycles. The highest BCUT2D eigenvalue weighted by molar-refractivity contribution is 6.45. The molecular weight excluding hydrogens is 335 g/mol. The summed E-state index contributed by atoms with van der Waals surface area (Å²) in [6, 6.07) is 6.04. The second kappa shape index (κ2) is 6.12. The maximum absolute atomic E-state index is 13.2. The lowest BCUT2D eigenvalue weighted by molar-refractivity contribution is -0.0495. The minimum Gasteiger partial charge on any atom is -0.434 e. The summed E-state index contributed by atoms with van der Waals surface area (Å²) in [7, 11) is 0. The van der Waals surface area contributed by atoms with Crippen molar-refractivity contribution in [3.8, 4) is 16.9 Å². The number of halogens is 6. The van der Waals surface area contributed by atoms with Crippen LogP contribution in [0.2, 0.25) is 15.1 Å². The van der Waals surface area contributed by atoms with Crippen LogP contribution in [0.25, 0.3) is 11.1 Å². The van der Waals surface area contributed by atoms with Crippen LogP contribution in [0.15, 0.2) is 30.3 Å². The van der Waals surface area contributed by atoms with Crippen molar-refractivity contribution in [3.05, 3.63) is 51.2 Å². The number of ether oxygens (including phenoxy) is 1. The van der Waals surface area contributed by atoms with Gasteiger partial charge in [0.15, 0.2) is 0 Å². The predicted molar refractivity (Wildman–Crippen MR) is 73.5 cm³/mol. The first-order chi connectivity index (χ1) is 9.38. The molecule has 0 aromatic heterocycles. The second-order valence-corrected chi connectivity index (χ2v) is 4.99. The molecule has 0 atom stereocenters. The molecule has 7 heteroatoms. The Morgan fingerprint density at radius 1 is 0.950 bits per heavy atom. The summed E-state index contributed by atoms with van der Waals surface area (Å²) in [5, 5.41) is 0.532. The number of benzene rings is 2. The van der Waals surface area contributed by atoms with E-state index in [4.69, 9.17) is 34.8 Å². The van der Waals surface area contributed by atoms with E-state index < -0.39 is 12.4 Å². The molecule has 0 fully saturated rings. The zero-order valence-electron chi connectivity index (χ0n) is 9.64. The molecule has 2 aromatic carbocycles. The fraction of sp³-hybridized carbons (Fsp3) is 0.0769. The third kappa shape index (κ3) is 3.32. The Morgan fingerprint density at radius 3 is 2.30 bits per heavy atom.